The van der Waals surface area contributed by atoms with Gasteiger partial charge in [-0.25, -0.2) is 0 Å². The average molecular weight is 329 g/mol. The Morgan fingerprint density at radius 3 is 2.33 bits per heavy atom. The molecule has 0 saturated carbocycles. The van der Waals surface area contributed by atoms with Crippen molar-refractivity contribution in [2.75, 3.05) is 32.7 Å². The van der Waals surface area contributed by atoms with Crippen LogP contribution in [0.25, 0.3) is 0 Å². The first-order valence-corrected chi connectivity index (χ1v) is 7.31. The number of rotatable bonds is 7. The molecule has 7 heteroatoms. The van der Waals surface area contributed by atoms with Crippen LogP contribution in [-0.4, -0.2) is 44.2 Å². The minimum Gasteiger partial charge on any atom is -0.497 e. The number of benzene rings is 1. The SMILES string of the molecule is COCCNC(=O)c1cncc(C(=O)Nc2ccc(OC)cc2)c1. The molecule has 126 valence electrons. The van der Waals surface area contributed by atoms with Crippen LogP contribution < -0.4 is 15.4 Å². The summed E-state index contributed by atoms with van der Waals surface area (Å²) in [6.07, 6.45) is 2.82. The Morgan fingerprint density at radius 1 is 1.04 bits per heavy atom. The second kappa shape index (κ2) is 8.64. The number of pyridine rings is 1. The summed E-state index contributed by atoms with van der Waals surface area (Å²) in [7, 11) is 3.13. The van der Waals surface area contributed by atoms with Crippen molar-refractivity contribution in [3.05, 3.63) is 53.9 Å². The van der Waals surface area contributed by atoms with Crippen LogP contribution in [0.1, 0.15) is 20.7 Å². The molecule has 0 radical (unpaired) electrons. The van der Waals surface area contributed by atoms with Gasteiger partial charge in [-0.15, -0.1) is 0 Å². The van der Waals surface area contributed by atoms with Crippen molar-refractivity contribution < 1.29 is 19.1 Å². The van der Waals surface area contributed by atoms with Crippen molar-refractivity contribution in [3.63, 3.8) is 0 Å². The molecule has 0 aliphatic carbocycles. The fourth-order valence-corrected chi connectivity index (χ4v) is 1.93. The summed E-state index contributed by atoms with van der Waals surface area (Å²) in [4.78, 5) is 28.2. The fraction of sp³-hybridized carbons (Fsp3) is 0.235. The number of anilines is 1. The first kappa shape index (κ1) is 17.4. The standard InChI is InChI=1S/C17H19N3O4/c1-23-8-7-19-16(21)12-9-13(11-18-10-12)17(22)20-14-3-5-15(24-2)6-4-14/h3-6,9-11H,7-8H2,1-2H3,(H,19,21)(H,20,22). The summed E-state index contributed by atoms with van der Waals surface area (Å²) >= 11 is 0. The molecule has 2 aromatic rings. The topological polar surface area (TPSA) is 89.5 Å². The van der Waals surface area contributed by atoms with E-state index < -0.39 is 0 Å². The van der Waals surface area contributed by atoms with Crippen LogP contribution in [-0.2, 0) is 4.74 Å². The van der Waals surface area contributed by atoms with Gasteiger partial charge in [0.1, 0.15) is 5.75 Å². The molecule has 0 saturated heterocycles. The van der Waals surface area contributed by atoms with Crippen LogP contribution in [0.5, 0.6) is 5.75 Å². The van der Waals surface area contributed by atoms with Crippen LogP contribution in [0, 0.1) is 0 Å². The Kier molecular flexibility index (Phi) is 6.27. The van der Waals surface area contributed by atoms with E-state index in [0.717, 1.165) is 0 Å². The van der Waals surface area contributed by atoms with Gasteiger partial charge in [0, 0.05) is 31.7 Å². The summed E-state index contributed by atoms with van der Waals surface area (Å²) in [5, 5.41) is 5.42. The van der Waals surface area contributed by atoms with Crippen LogP contribution >= 0.6 is 0 Å². The van der Waals surface area contributed by atoms with Crippen molar-refractivity contribution in [3.8, 4) is 5.75 Å². The molecular formula is C17H19N3O4. The Balaban J connectivity index is 2.03. The Labute approximate surface area is 140 Å². The van der Waals surface area contributed by atoms with Gasteiger partial charge in [0.15, 0.2) is 0 Å². The maximum absolute atomic E-state index is 12.3. The minimum absolute atomic E-state index is 0.296. The maximum atomic E-state index is 12.3. The van der Waals surface area contributed by atoms with Gasteiger partial charge in [0.2, 0.25) is 0 Å². The minimum atomic E-state index is -0.348. The number of carbonyl (C=O) groups is 2. The summed E-state index contributed by atoms with van der Waals surface area (Å²) in [6, 6.07) is 8.44. The molecule has 2 N–H and O–H groups in total. The molecule has 0 aliphatic heterocycles. The molecule has 0 aliphatic rings. The van der Waals surface area contributed by atoms with E-state index in [1.54, 1.807) is 38.5 Å². The Bertz CT molecular complexity index is 701. The first-order chi connectivity index (χ1) is 11.6. The van der Waals surface area contributed by atoms with Crippen LogP contribution in [0.3, 0.4) is 0 Å². The monoisotopic (exact) mass is 329 g/mol. The van der Waals surface area contributed by atoms with Gasteiger partial charge in [-0.1, -0.05) is 0 Å². The van der Waals surface area contributed by atoms with Crippen LogP contribution in [0.15, 0.2) is 42.7 Å². The van der Waals surface area contributed by atoms with Crippen molar-refractivity contribution in [2.45, 2.75) is 0 Å². The lowest BCUT2D eigenvalue weighted by atomic mass is 10.2. The quantitative estimate of drug-likeness (QED) is 0.755. The summed E-state index contributed by atoms with van der Waals surface area (Å²) in [6.45, 7) is 0.800. The summed E-state index contributed by atoms with van der Waals surface area (Å²) in [5.41, 5.74) is 1.23. The Morgan fingerprint density at radius 2 is 1.71 bits per heavy atom. The zero-order valence-electron chi connectivity index (χ0n) is 13.5. The molecule has 2 amide bonds. The van der Waals surface area contributed by atoms with Crippen LogP contribution in [0.4, 0.5) is 5.69 Å². The van der Waals surface area contributed by atoms with Crippen molar-refractivity contribution >= 4 is 17.5 Å². The summed E-state index contributed by atoms with van der Waals surface area (Å²) in [5.74, 6) is 0.0437. The lowest BCUT2D eigenvalue weighted by Crippen LogP contribution is -2.27. The number of amides is 2. The number of ether oxygens (including phenoxy) is 2. The lowest BCUT2D eigenvalue weighted by Gasteiger charge is -2.08. The van der Waals surface area contributed by atoms with E-state index in [-0.39, 0.29) is 11.8 Å². The molecule has 7 nitrogen and oxygen atoms in total. The van der Waals surface area contributed by atoms with E-state index in [9.17, 15) is 9.59 Å². The highest BCUT2D eigenvalue weighted by Crippen LogP contribution is 2.16. The van der Waals surface area contributed by atoms with Gasteiger partial charge in [0.25, 0.3) is 11.8 Å². The number of nitrogens with one attached hydrogen (secondary N) is 2. The lowest BCUT2D eigenvalue weighted by molar-refractivity contribution is 0.0936. The molecule has 2 rings (SSSR count). The first-order valence-electron chi connectivity index (χ1n) is 7.31. The molecule has 0 fully saturated rings. The van der Waals surface area contributed by atoms with Gasteiger partial charge in [-0.3, -0.25) is 14.6 Å². The third kappa shape index (κ3) is 4.79. The normalized spacial score (nSPS) is 10.1. The molecule has 0 atom stereocenters. The zero-order valence-corrected chi connectivity index (χ0v) is 13.5. The van der Waals surface area contributed by atoms with E-state index in [2.05, 4.69) is 15.6 Å². The van der Waals surface area contributed by atoms with Crippen molar-refractivity contribution in [1.29, 1.82) is 0 Å². The van der Waals surface area contributed by atoms with Crippen molar-refractivity contribution in [2.24, 2.45) is 0 Å². The number of hydrogen-bond donors (Lipinski definition) is 2. The van der Waals surface area contributed by atoms with Gasteiger partial charge >= 0.3 is 0 Å². The number of aromatic nitrogens is 1. The van der Waals surface area contributed by atoms with E-state index in [1.165, 1.54) is 18.5 Å². The number of methoxy groups -OCH3 is 2. The molecule has 0 unspecified atom stereocenters. The Hall–Kier alpha value is -2.93. The predicted molar refractivity (Wildman–Crippen MR) is 89.4 cm³/mol. The second-order valence-corrected chi connectivity index (χ2v) is 4.89. The molecule has 1 aromatic heterocycles. The third-order valence-corrected chi connectivity index (χ3v) is 3.20. The highest BCUT2D eigenvalue weighted by atomic mass is 16.5. The smallest absolute Gasteiger partial charge is 0.257 e. The van der Waals surface area contributed by atoms with E-state index in [4.69, 9.17) is 9.47 Å². The number of carbonyl (C=O) groups excluding carboxylic acids is 2. The van der Waals surface area contributed by atoms with Gasteiger partial charge < -0.3 is 20.1 Å². The fourth-order valence-electron chi connectivity index (χ4n) is 1.93. The zero-order chi connectivity index (χ0) is 17.4. The van der Waals surface area contributed by atoms with E-state index in [1.807, 2.05) is 0 Å². The number of nitrogens with zero attached hydrogens (tertiary/aromatic N) is 1. The molecule has 0 spiro atoms. The largest absolute Gasteiger partial charge is 0.497 e. The summed E-state index contributed by atoms with van der Waals surface area (Å²) < 4.78 is 9.93. The van der Waals surface area contributed by atoms with Crippen LogP contribution in [0.2, 0.25) is 0 Å². The maximum Gasteiger partial charge on any atom is 0.257 e. The third-order valence-electron chi connectivity index (χ3n) is 3.20. The van der Waals surface area contributed by atoms with Gasteiger partial charge in [-0.05, 0) is 30.3 Å². The van der Waals surface area contributed by atoms with Gasteiger partial charge in [-0.2, -0.15) is 0 Å². The average Bonchev–Trinajstić information content (AvgIpc) is 2.62. The molecular weight excluding hydrogens is 310 g/mol. The predicted octanol–water partition coefficient (Wildman–Crippen LogP) is 1.72. The molecule has 1 aromatic carbocycles. The van der Waals surface area contributed by atoms with E-state index in [0.29, 0.717) is 35.7 Å². The van der Waals surface area contributed by atoms with Crippen molar-refractivity contribution in [1.82, 2.24) is 10.3 Å². The molecule has 24 heavy (non-hydrogen) atoms. The number of hydrogen-bond acceptors (Lipinski definition) is 5. The second-order valence-electron chi connectivity index (χ2n) is 4.89. The van der Waals surface area contributed by atoms with Gasteiger partial charge in [0.05, 0.1) is 24.8 Å². The van der Waals surface area contributed by atoms with E-state index >= 15 is 0 Å². The highest BCUT2D eigenvalue weighted by molar-refractivity contribution is 6.05. The highest BCUT2D eigenvalue weighted by Gasteiger charge is 2.11. The molecule has 1 heterocycles. The molecule has 0 bridgehead atoms.